The van der Waals surface area contributed by atoms with Crippen LogP contribution < -0.4 is 5.32 Å². The Bertz CT molecular complexity index is 974. The molecule has 0 radical (unpaired) electrons. The fourth-order valence-electron chi connectivity index (χ4n) is 3.64. The van der Waals surface area contributed by atoms with Gasteiger partial charge in [0.15, 0.2) is 0 Å². The van der Waals surface area contributed by atoms with E-state index in [0.29, 0.717) is 38.5 Å². The van der Waals surface area contributed by atoms with E-state index in [9.17, 15) is 4.79 Å². The van der Waals surface area contributed by atoms with Gasteiger partial charge in [-0.25, -0.2) is 0 Å². The molecule has 0 saturated heterocycles. The summed E-state index contributed by atoms with van der Waals surface area (Å²) in [4.78, 5) is 12.4. The Kier molecular flexibility index (Phi) is 8.06. The molecular weight excluding hydrogens is 390 g/mol. The normalized spacial score (nSPS) is 11.3. The van der Waals surface area contributed by atoms with Crippen molar-refractivity contribution in [2.45, 2.75) is 66.8 Å². The zero-order valence-electron chi connectivity index (χ0n) is 19.0. The molecule has 0 saturated carbocycles. The number of nitrogens with zero attached hydrogens (tertiary/aromatic N) is 2. The number of carbonyl (C=O) groups is 1. The van der Waals surface area contributed by atoms with E-state index in [0.717, 1.165) is 29.1 Å². The van der Waals surface area contributed by atoms with Gasteiger partial charge in [0, 0.05) is 25.2 Å². The van der Waals surface area contributed by atoms with E-state index in [2.05, 4.69) is 41.9 Å². The van der Waals surface area contributed by atoms with Crippen LogP contribution in [0.1, 0.15) is 54.1 Å². The van der Waals surface area contributed by atoms with Crippen molar-refractivity contribution in [3.05, 3.63) is 76.5 Å². The molecule has 0 fully saturated rings. The second kappa shape index (κ2) is 11.0. The van der Waals surface area contributed by atoms with Crippen LogP contribution in [0.2, 0.25) is 0 Å². The second-order valence-corrected chi connectivity index (χ2v) is 8.39. The molecule has 0 aliphatic carbocycles. The maximum Gasteiger partial charge on any atom is 0.220 e. The molecule has 31 heavy (non-hydrogen) atoms. The predicted molar refractivity (Wildman–Crippen MR) is 120 cm³/mol. The highest BCUT2D eigenvalue weighted by Crippen LogP contribution is 2.16. The first-order valence-electron chi connectivity index (χ1n) is 10.9. The van der Waals surface area contributed by atoms with Crippen LogP contribution in [-0.2, 0) is 42.3 Å². The lowest BCUT2D eigenvalue weighted by molar-refractivity contribution is -0.121. The van der Waals surface area contributed by atoms with Gasteiger partial charge in [-0.1, -0.05) is 38.1 Å². The fourth-order valence-corrected chi connectivity index (χ4v) is 3.64. The van der Waals surface area contributed by atoms with Gasteiger partial charge in [0.25, 0.3) is 0 Å². The molecular formula is C25H33N3O3. The summed E-state index contributed by atoms with van der Waals surface area (Å²) in [5.41, 5.74) is 5.51. The van der Waals surface area contributed by atoms with Crippen molar-refractivity contribution < 1.29 is 13.9 Å². The van der Waals surface area contributed by atoms with E-state index in [1.54, 1.807) is 6.26 Å². The van der Waals surface area contributed by atoms with Crippen molar-refractivity contribution >= 4 is 5.91 Å². The summed E-state index contributed by atoms with van der Waals surface area (Å²) in [6.45, 7) is 10.8. The third kappa shape index (κ3) is 6.82. The third-order valence-corrected chi connectivity index (χ3v) is 5.25. The lowest BCUT2D eigenvalue weighted by Crippen LogP contribution is -2.23. The average molecular weight is 424 g/mol. The molecule has 166 valence electrons. The van der Waals surface area contributed by atoms with Crippen LogP contribution in [0.15, 0.2) is 47.1 Å². The van der Waals surface area contributed by atoms with Crippen molar-refractivity contribution in [2.75, 3.05) is 0 Å². The number of ether oxygens (including phenoxy) is 1. The molecule has 0 unspecified atom stereocenters. The molecule has 2 heterocycles. The number of benzene rings is 1. The zero-order valence-corrected chi connectivity index (χ0v) is 19.0. The average Bonchev–Trinajstić information content (AvgIpc) is 3.33. The summed E-state index contributed by atoms with van der Waals surface area (Å²) < 4.78 is 13.0. The standard InChI is InChI=1S/C25H33N3O3/c1-18(2)15-28-20(4)24(19(3)27-28)10-11-25(29)26-14-21-7-5-8-22(13-21)16-30-17-23-9-6-12-31-23/h5-9,12-13,18H,10-11,14-17H2,1-4H3,(H,26,29). The number of rotatable bonds is 11. The Labute approximate surface area is 184 Å². The Morgan fingerprint density at radius 1 is 1.16 bits per heavy atom. The van der Waals surface area contributed by atoms with Crippen LogP contribution in [-0.4, -0.2) is 15.7 Å². The van der Waals surface area contributed by atoms with E-state index in [1.165, 1.54) is 11.3 Å². The first kappa shape index (κ1) is 22.8. The van der Waals surface area contributed by atoms with Crippen LogP contribution in [0.4, 0.5) is 0 Å². The van der Waals surface area contributed by atoms with Crippen molar-refractivity contribution in [1.29, 1.82) is 0 Å². The van der Waals surface area contributed by atoms with Gasteiger partial charge >= 0.3 is 0 Å². The van der Waals surface area contributed by atoms with E-state index >= 15 is 0 Å². The van der Waals surface area contributed by atoms with Gasteiger partial charge in [0.2, 0.25) is 5.91 Å². The number of hydrogen-bond acceptors (Lipinski definition) is 4. The Hall–Kier alpha value is -2.86. The van der Waals surface area contributed by atoms with Crippen molar-refractivity contribution in [3.63, 3.8) is 0 Å². The van der Waals surface area contributed by atoms with E-state index in [1.807, 2.05) is 37.3 Å². The number of nitrogens with one attached hydrogen (secondary N) is 1. The molecule has 1 amide bonds. The summed E-state index contributed by atoms with van der Waals surface area (Å²) in [6.07, 6.45) is 2.81. The smallest absolute Gasteiger partial charge is 0.220 e. The first-order chi connectivity index (χ1) is 14.9. The molecule has 0 atom stereocenters. The number of carbonyl (C=O) groups excluding carboxylic acids is 1. The summed E-state index contributed by atoms with van der Waals surface area (Å²) >= 11 is 0. The Balaban J connectivity index is 1.45. The van der Waals surface area contributed by atoms with E-state index < -0.39 is 0 Å². The fraction of sp³-hybridized carbons (Fsp3) is 0.440. The third-order valence-electron chi connectivity index (χ3n) is 5.25. The molecule has 0 aliphatic rings. The molecule has 6 nitrogen and oxygen atoms in total. The minimum atomic E-state index is 0.0508. The number of amides is 1. The summed E-state index contributed by atoms with van der Waals surface area (Å²) in [5, 5.41) is 7.67. The summed E-state index contributed by atoms with van der Waals surface area (Å²) in [7, 11) is 0. The van der Waals surface area contributed by atoms with Crippen LogP contribution in [0.3, 0.4) is 0 Å². The van der Waals surface area contributed by atoms with Gasteiger partial charge in [0.05, 0.1) is 18.6 Å². The lowest BCUT2D eigenvalue weighted by atomic mass is 10.1. The number of aryl methyl sites for hydroxylation is 1. The Morgan fingerprint density at radius 3 is 2.71 bits per heavy atom. The minimum absolute atomic E-state index is 0.0508. The molecule has 0 spiro atoms. The molecule has 1 aromatic carbocycles. The van der Waals surface area contributed by atoms with Crippen molar-refractivity contribution in [1.82, 2.24) is 15.1 Å². The maximum atomic E-state index is 12.4. The Morgan fingerprint density at radius 2 is 1.97 bits per heavy atom. The summed E-state index contributed by atoms with van der Waals surface area (Å²) in [6, 6.07) is 11.8. The van der Waals surface area contributed by atoms with Crippen molar-refractivity contribution in [3.8, 4) is 0 Å². The predicted octanol–water partition coefficient (Wildman–Crippen LogP) is 4.71. The largest absolute Gasteiger partial charge is 0.467 e. The van der Waals surface area contributed by atoms with Gasteiger partial charge in [-0.3, -0.25) is 9.48 Å². The van der Waals surface area contributed by atoms with Gasteiger partial charge in [-0.2, -0.15) is 5.10 Å². The maximum absolute atomic E-state index is 12.4. The van der Waals surface area contributed by atoms with Gasteiger partial charge < -0.3 is 14.5 Å². The molecule has 3 rings (SSSR count). The first-order valence-corrected chi connectivity index (χ1v) is 10.9. The highest BCUT2D eigenvalue weighted by Gasteiger charge is 2.13. The van der Waals surface area contributed by atoms with Crippen LogP contribution in [0.25, 0.3) is 0 Å². The molecule has 6 heteroatoms. The monoisotopic (exact) mass is 423 g/mol. The molecule has 0 aliphatic heterocycles. The van der Waals surface area contributed by atoms with Gasteiger partial charge in [-0.05, 0) is 55.0 Å². The minimum Gasteiger partial charge on any atom is -0.467 e. The SMILES string of the molecule is Cc1nn(CC(C)C)c(C)c1CCC(=O)NCc1cccc(COCc2ccco2)c1. The lowest BCUT2D eigenvalue weighted by Gasteiger charge is -2.09. The van der Waals surface area contributed by atoms with Crippen LogP contribution >= 0.6 is 0 Å². The molecule has 1 N–H and O–H groups in total. The highest BCUT2D eigenvalue weighted by molar-refractivity contribution is 5.76. The quantitative estimate of drug-likeness (QED) is 0.485. The van der Waals surface area contributed by atoms with E-state index in [4.69, 9.17) is 9.15 Å². The zero-order chi connectivity index (χ0) is 22.2. The van der Waals surface area contributed by atoms with Crippen LogP contribution in [0, 0.1) is 19.8 Å². The van der Waals surface area contributed by atoms with Gasteiger partial charge in [-0.15, -0.1) is 0 Å². The number of hydrogen-bond donors (Lipinski definition) is 1. The molecule has 0 bridgehead atoms. The summed E-state index contributed by atoms with van der Waals surface area (Å²) in [5.74, 6) is 1.40. The topological polar surface area (TPSA) is 69.3 Å². The second-order valence-electron chi connectivity index (χ2n) is 8.39. The van der Waals surface area contributed by atoms with Crippen LogP contribution in [0.5, 0.6) is 0 Å². The number of furan rings is 1. The van der Waals surface area contributed by atoms with Gasteiger partial charge in [0.1, 0.15) is 12.4 Å². The van der Waals surface area contributed by atoms with E-state index in [-0.39, 0.29) is 5.91 Å². The highest BCUT2D eigenvalue weighted by atomic mass is 16.5. The van der Waals surface area contributed by atoms with Crippen molar-refractivity contribution in [2.24, 2.45) is 5.92 Å². The number of aromatic nitrogens is 2. The molecule has 3 aromatic rings. The molecule has 2 aromatic heterocycles.